The number of carbonyl (C=O) groups is 2. The number of aryl methyl sites for hydroxylation is 2. The molecule has 2 heterocycles. The van der Waals surface area contributed by atoms with Crippen molar-refractivity contribution in [2.45, 2.75) is 34.3 Å². The predicted octanol–water partition coefficient (Wildman–Crippen LogP) is 2.46. The highest BCUT2D eigenvalue weighted by Crippen LogP contribution is 2.20. The molecule has 0 aromatic carbocycles. The molecule has 0 radical (unpaired) electrons. The van der Waals surface area contributed by atoms with Crippen LogP contribution in [0, 0.1) is 20.8 Å². The summed E-state index contributed by atoms with van der Waals surface area (Å²) in [6.07, 6.45) is 0. The standard InChI is InChI=1S/C15H18N2O5/c1-5-20-15(19)13-9(3)12(10(4)16-13)14(18)21-7-11-6-8(2)17-22-11/h6,16H,5,7H2,1-4H3. The van der Waals surface area contributed by atoms with Gasteiger partial charge >= 0.3 is 11.9 Å². The van der Waals surface area contributed by atoms with E-state index in [0.717, 1.165) is 0 Å². The molecule has 0 bridgehead atoms. The van der Waals surface area contributed by atoms with Crippen LogP contribution in [0.3, 0.4) is 0 Å². The molecule has 2 rings (SSSR count). The lowest BCUT2D eigenvalue weighted by Gasteiger charge is -2.03. The van der Waals surface area contributed by atoms with E-state index in [4.69, 9.17) is 14.0 Å². The highest BCUT2D eigenvalue weighted by atomic mass is 16.6. The molecule has 7 nitrogen and oxygen atoms in total. The fourth-order valence-electron chi connectivity index (χ4n) is 2.16. The van der Waals surface area contributed by atoms with Gasteiger partial charge in [0.2, 0.25) is 0 Å². The molecule has 22 heavy (non-hydrogen) atoms. The Morgan fingerprint density at radius 1 is 1.23 bits per heavy atom. The molecule has 1 N–H and O–H groups in total. The highest BCUT2D eigenvalue weighted by Gasteiger charge is 2.24. The molecule has 0 aliphatic rings. The smallest absolute Gasteiger partial charge is 0.355 e. The van der Waals surface area contributed by atoms with Gasteiger partial charge in [-0.25, -0.2) is 9.59 Å². The summed E-state index contributed by atoms with van der Waals surface area (Å²) in [5, 5.41) is 3.72. The summed E-state index contributed by atoms with van der Waals surface area (Å²) in [7, 11) is 0. The Labute approximate surface area is 127 Å². The summed E-state index contributed by atoms with van der Waals surface area (Å²) < 4.78 is 15.1. The highest BCUT2D eigenvalue weighted by molar-refractivity contribution is 5.98. The molecule has 0 aliphatic carbocycles. The summed E-state index contributed by atoms with van der Waals surface area (Å²) in [6.45, 7) is 7.12. The molecule has 0 spiro atoms. The van der Waals surface area contributed by atoms with Crippen LogP contribution in [0.1, 0.15) is 50.5 Å². The van der Waals surface area contributed by atoms with Crippen LogP contribution in [0.15, 0.2) is 10.6 Å². The zero-order chi connectivity index (χ0) is 16.3. The lowest BCUT2D eigenvalue weighted by atomic mass is 10.1. The van der Waals surface area contributed by atoms with Crippen molar-refractivity contribution in [3.05, 3.63) is 40.0 Å². The summed E-state index contributed by atoms with van der Waals surface area (Å²) >= 11 is 0. The van der Waals surface area contributed by atoms with Crippen LogP contribution in [0.2, 0.25) is 0 Å². The van der Waals surface area contributed by atoms with Gasteiger partial charge in [-0.2, -0.15) is 0 Å². The van der Waals surface area contributed by atoms with Crippen LogP contribution in [0.5, 0.6) is 0 Å². The van der Waals surface area contributed by atoms with Crippen LogP contribution in [0.4, 0.5) is 0 Å². The molecule has 0 saturated carbocycles. The summed E-state index contributed by atoms with van der Waals surface area (Å²) in [4.78, 5) is 26.9. The molecular formula is C15H18N2O5. The van der Waals surface area contributed by atoms with Crippen molar-refractivity contribution < 1.29 is 23.6 Å². The van der Waals surface area contributed by atoms with E-state index in [1.807, 2.05) is 0 Å². The number of esters is 2. The molecule has 7 heteroatoms. The molecule has 2 aromatic heterocycles. The van der Waals surface area contributed by atoms with Gasteiger partial charge in [-0.05, 0) is 33.3 Å². The largest absolute Gasteiger partial charge is 0.461 e. The maximum Gasteiger partial charge on any atom is 0.355 e. The van der Waals surface area contributed by atoms with Crippen molar-refractivity contribution in [3.8, 4) is 0 Å². The van der Waals surface area contributed by atoms with Gasteiger partial charge < -0.3 is 19.0 Å². The number of nitrogens with one attached hydrogen (secondary N) is 1. The molecule has 0 amide bonds. The van der Waals surface area contributed by atoms with E-state index in [1.54, 1.807) is 33.8 Å². The minimum Gasteiger partial charge on any atom is -0.461 e. The third-order valence-corrected chi connectivity index (χ3v) is 3.14. The summed E-state index contributed by atoms with van der Waals surface area (Å²) in [6, 6.07) is 1.69. The molecule has 0 unspecified atom stereocenters. The Bertz CT molecular complexity index is 699. The van der Waals surface area contributed by atoms with E-state index in [-0.39, 0.29) is 18.9 Å². The van der Waals surface area contributed by atoms with Crippen molar-refractivity contribution in [2.24, 2.45) is 0 Å². The second-order valence-corrected chi connectivity index (χ2v) is 4.86. The monoisotopic (exact) mass is 306 g/mol. The van der Waals surface area contributed by atoms with E-state index in [9.17, 15) is 9.59 Å². The Kier molecular flexibility index (Phi) is 4.65. The molecule has 0 aliphatic heterocycles. The third kappa shape index (κ3) is 3.19. The molecule has 0 fully saturated rings. The SMILES string of the molecule is CCOC(=O)c1[nH]c(C)c(C(=O)OCc2cc(C)no2)c1C. The first-order valence-corrected chi connectivity index (χ1v) is 6.89. The van der Waals surface area contributed by atoms with Crippen molar-refractivity contribution in [1.29, 1.82) is 0 Å². The quantitative estimate of drug-likeness (QED) is 0.853. The van der Waals surface area contributed by atoms with E-state index in [2.05, 4.69) is 10.1 Å². The fourth-order valence-corrected chi connectivity index (χ4v) is 2.16. The number of carbonyl (C=O) groups excluding carboxylic acids is 2. The van der Waals surface area contributed by atoms with Gasteiger partial charge in [0.05, 0.1) is 17.9 Å². The number of hydrogen-bond acceptors (Lipinski definition) is 6. The number of aromatic amines is 1. The molecule has 0 atom stereocenters. The average molecular weight is 306 g/mol. The van der Waals surface area contributed by atoms with Crippen molar-refractivity contribution in [1.82, 2.24) is 10.1 Å². The molecular weight excluding hydrogens is 288 g/mol. The molecule has 0 saturated heterocycles. The van der Waals surface area contributed by atoms with Gasteiger partial charge in [-0.3, -0.25) is 0 Å². The number of nitrogens with zero attached hydrogens (tertiary/aromatic N) is 1. The second-order valence-electron chi connectivity index (χ2n) is 4.86. The van der Waals surface area contributed by atoms with E-state index >= 15 is 0 Å². The van der Waals surface area contributed by atoms with Crippen LogP contribution < -0.4 is 0 Å². The van der Waals surface area contributed by atoms with E-state index < -0.39 is 11.9 Å². The van der Waals surface area contributed by atoms with Crippen LogP contribution in [-0.4, -0.2) is 28.7 Å². The second kappa shape index (κ2) is 6.46. The zero-order valence-corrected chi connectivity index (χ0v) is 13.0. The molecule has 2 aromatic rings. The minimum absolute atomic E-state index is 0.0154. The molecule has 118 valence electrons. The zero-order valence-electron chi connectivity index (χ0n) is 13.0. The Morgan fingerprint density at radius 2 is 1.95 bits per heavy atom. The van der Waals surface area contributed by atoms with Gasteiger partial charge in [0.25, 0.3) is 0 Å². The Balaban J connectivity index is 2.14. The average Bonchev–Trinajstić information content (AvgIpc) is 3.00. The van der Waals surface area contributed by atoms with Gasteiger partial charge in [0, 0.05) is 11.8 Å². The van der Waals surface area contributed by atoms with Gasteiger partial charge in [-0.1, -0.05) is 5.16 Å². The maximum absolute atomic E-state index is 12.2. The number of ether oxygens (including phenoxy) is 2. The first-order chi connectivity index (χ1) is 10.4. The normalized spacial score (nSPS) is 10.5. The number of hydrogen-bond donors (Lipinski definition) is 1. The predicted molar refractivity (Wildman–Crippen MR) is 76.6 cm³/mol. The third-order valence-electron chi connectivity index (χ3n) is 3.14. The van der Waals surface area contributed by atoms with Gasteiger partial charge in [0.15, 0.2) is 12.4 Å². The van der Waals surface area contributed by atoms with E-state index in [0.29, 0.717) is 28.3 Å². The van der Waals surface area contributed by atoms with Crippen molar-refractivity contribution >= 4 is 11.9 Å². The lowest BCUT2D eigenvalue weighted by molar-refractivity contribution is 0.0436. The van der Waals surface area contributed by atoms with Crippen LogP contribution in [-0.2, 0) is 16.1 Å². The number of aromatic nitrogens is 2. The van der Waals surface area contributed by atoms with Crippen LogP contribution >= 0.6 is 0 Å². The Morgan fingerprint density at radius 3 is 2.55 bits per heavy atom. The minimum atomic E-state index is -0.532. The van der Waals surface area contributed by atoms with Gasteiger partial charge in [-0.15, -0.1) is 0 Å². The fraction of sp³-hybridized carbons (Fsp3) is 0.400. The lowest BCUT2D eigenvalue weighted by Crippen LogP contribution is -2.09. The Hall–Kier alpha value is -2.57. The van der Waals surface area contributed by atoms with Crippen molar-refractivity contribution in [3.63, 3.8) is 0 Å². The van der Waals surface area contributed by atoms with E-state index in [1.165, 1.54) is 0 Å². The first kappa shape index (κ1) is 15.8. The van der Waals surface area contributed by atoms with Crippen LogP contribution in [0.25, 0.3) is 0 Å². The number of H-pyrrole nitrogens is 1. The number of rotatable bonds is 5. The summed E-state index contributed by atoms with van der Waals surface area (Å²) in [5.41, 5.74) is 2.37. The van der Waals surface area contributed by atoms with Gasteiger partial charge in [0.1, 0.15) is 5.69 Å². The first-order valence-electron chi connectivity index (χ1n) is 6.89. The van der Waals surface area contributed by atoms with Crippen molar-refractivity contribution in [2.75, 3.05) is 6.61 Å². The maximum atomic E-state index is 12.2. The summed E-state index contributed by atoms with van der Waals surface area (Å²) in [5.74, 6) is -0.564. The topological polar surface area (TPSA) is 94.4 Å².